The van der Waals surface area contributed by atoms with Crippen molar-refractivity contribution in [3.05, 3.63) is 33.8 Å². The quantitative estimate of drug-likeness (QED) is 0.636. The van der Waals surface area contributed by atoms with Gasteiger partial charge in [-0.05, 0) is 17.7 Å². The average Bonchev–Trinajstić information content (AvgIpc) is 1.95. The zero-order chi connectivity index (χ0) is 8.27. The zero-order valence-electron chi connectivity index (χ0n) is 6.59. The van der Waals surface area contributed by atoms with Crippen LogP contribution in [0.3, 0.4) is 0 Å². The Morgan fingerprint density at radius 2 is 1.85 bits per heavy atom. The van der Waals surface area contributed by atoms with E-state index in [9.17, 15) is 0 Å². The summed E-state index contributed by atoms with van der Waals surface area (Å²) in [6.07, 6.45) is 0. The third-order valence-corrected chi connectivity index (χ3v) is 1.89. The van der Waals surface area contributed by atoms with Gasteiger partial charge in [-0.15, -0.1) is 24.8 Å². The second-order valence-electron chi connectivity index (χ2n) is 2.12. The minimum Gasteiger partial charge on any atom is -0.271 e. The molecule has 1 aromatic carbocycles. The lowest BCUT2D eigenvalue weighted by Gasteiger charge is -2.02. The Hall–Kier alpha value is 0.300. The molecule has 0 unspecified atom stereocenters. The highest BCUT2D eigenvalue weighted by molar-refractivity contribution is 6.35. The number of benzene rings is 1. The summed E-state index contributed by atoms with van der Waals surface area (Å²) in [4.78, 5) is 0. The summed E-state index contributed by atoms with van der Waals surface area (Å²) in [5, 5.41) is 1.27. The van der Waals surface area contributed by atoms with Crippen molar-refractivity contribution >= 4 is 48.0 Å². The molecule has 2 nitrogen and oxygen atoms in total. The van der Waals surface area contributed by atoms with Gasteiger partial charge in [0, 0.05) is 16.6 Å². The molecule has 13 heavy (non-hydrogen) atoms. The SMILES string of the molecule is Cl.Cl.NNCc1ccc(Cl)cc1Cl. The van der Waals surface area contributed by atoms with Gasteiger partial charge < -0.3 is 0 Å². The van der Waals surface area contributed by atoms with Crippen molar-refractivity contribution in [2.45, 2.75) is 6.54 Å². The Morgan fingerprint density at radius 1 is 1.23 bits per heavy atom. The van der Waals surface area contributed by atoms with Crippen LogP contribution in [-0.4, -0.2) is 0 Å². The Kier molecular flexibility index (Phi) is 9.31. The van der Waals surface area contributed by atoms with Gasteiger partial charge in [-0.1, -0.05) is 29.3 Å². The van der Waals surface area contributed by atoms with Crippen molar-refractivity contribution in [3.8, 4) is 0 Å². The van der Waals surface area contributed by atoms with Gasteiger partial charge in [-0.3, -0.25) is 11.3 Å². The number of nitrogens with one attached hydrogen (secondary N) is 1. The molecule has 0 heterocycles. The maximum Gasteiger partial charge on any atom is 0.0466 e. The van der Waals surface area contributed by atoms with Crippen molar-refractivity contribution in [2.75, 3.05) is 0 Å². The third-order valence-electron chi connectivity index (χ3n) is 1.31. The molecular formula is C7H10Cl4N2. The highest BCUT2D eigenvalue weighted by atomic mass is 35.5. The number of nitrogens with two attached hydrogens (primary N) is 1. The fourth-order valence-electron chi connectivity index (χ4n) is 0.775. The maximum absolute atomic E-state index is 5.83. The topological polar surface area (TPSA) is 38.0 Å². The van der Waals surface area contributed by atoms with E-state index in [0.29, 0.717) is 16.6 Å². The van der Waals surface area contributed by atoms with Gasteiger partial charge in [0.1, 0.15) is 0 Å². The molecule has 0 aliphatic rings. The van der Waals surface area contributed by atoms with Gasteiger partial charge in [0.05, 0.1) is 0 Å². The van der Waals surface area contributed by atoms with E-state index in [4.69, 9.17) is 29.0 Å². The van der Waals surface area contributed by atoms with Gasteiger partial charge in [0.2, 0.25) is 0 Å². The minimum atomic E-state index is 0. The second-order valence-corrected chi connectivity index (χ2v) is 2.96. The molecule has 0 atom stereocenters. The molecule has 0 saturated carbocycles. The molecule has 1 rings (SSSR count). The number of hydrazine groups is 1. The van der Waals surface area contributed by atoms with Crippen LogP contribution in [0.15, 0.2) is 18.2 Å². The number of halogens is 4. The van der Waals surface area contributed by atoms with Crippen molar-refractivity contribution in [1.29, 1.82) is 0 Å². The number of hydrogen-bond acceptors (Lipinski definition) is 2. The number of hydrogen-bond donors (Lipinski definition) is 2. The molecule has 0 radical (unpaired) electrons. The average molecular weight is 264 g/mol. The van der Waals surface area contributed by atoms with E-state index < -0.39 is 0 Å². The third kappa shape index (κ3) is 4.91. The summed E-state index contributed by atoms with van der Waals surface area (Å²) in [5.74, 6) is 5.13. The Morgan fingerprint density at radius 3 is 2.31 bits per heavy atom. The first-order chi connectivity index (χ1) is 5.24. The van der Waals surface area contributed by atoms with E-state index in [0.717, 1.165) is 5.56 Å². The minimum absolute atomic E-state index is 0. The van der Waals surface area contributed by atoms with E-state index in [1.54, 1.807) is 12.1 Å². The van der Waals surface area contributed by atoms with Gasteiger partial charge in [-0.25, -0.2) is 0 Å². The largest absolute Gasteiger partial charge is 0.271 e. The van der Waals surface area contributed by atoms with E-state index in [1.807, 2.05) is 6.07 Å². The molecular weight excluding hydrogens is 254 g/mol. The van der Waals surface area contributed by atoms with Crippen molar-refractivity contribution in [2.24, 2.45) is 5.84 Å². The van der Waals surface area contributed by atoms with Crippen LogP contribution in [0.2, 0.25) is 10.0 Å². The van der Waals surface area contributed by atoms with E-state index in [2.05, 4.69) is 5.43 Å². The first kappa shape index (κ1) is 15.8. The molecule has 0 aliphatic heterocycles. The lowest BCUT2D eigenvalue weighted by atomic mass is 10.2. The van der Waals surface area contributed by atoms with Crippen LogP contribution in [0, 0.1) is 0 Å². The lowest BCUT2D eigenvalue weighted by molar-refractivity contribution is 0.741. The molecule has 0 spiro atoms. The molecule has 3 N–H and O–H groups in total. The van der Waals surface area contributed by atoms with E-state index >= 15 is 0 Å². The van der Waals surface area contributed by atoms with Crippen LogP contribution >= 0.6 is 48.0 Å². The Balaban J connectivity index is 0. The monoisotopic (exact) mass is 262 g/mol. The molecule has 0 aromatic heterocycles. The van der Waals surface area contributed by atoms with Crippen LogP contribution in [0.1, 0.15) is 5.56 Å². The first-order valence-electron chi connectivity index (χ1n) is 3.11. The molecule has 76 valence electrons. The van der Waals surface area contributed by atoms with Gasteiger partial charge in [0.15, 0.2) is 0 Å². The van der Waals surface area contributed by atoms with Gasteiger partial charge in [-0.2, -0.15) is 0 Å². The van der Waals surface area contributed by atoms with Crippen LogP contribution in [-0.2, 0) is 6.54 Å². The van der Waals surface area contributed by atoms with Crippen LogP contribution in [0.4, 0.5) is 0 Å². The first-order valence-corrected chi connectivity index (χ1v) is 3.87. The van der Waals surface area contributed by atoms with Crippen molar-refractivity contribution in [3.63, 3.8) is 0 Å². The maximum atomic E-state index is 5.83. The van der Waals surface area contributed by atoms with Crippen molar-refractivity contribution in [1.82, 2.24) is 5.43 Å². The summed E-state index contributed by atoms with van der Waals surface area (Å²) in [7, 11) is 0. The Bertz CT molecular complexity index is 254. The summed E-state index contributed by atoms with van der Waals surface area (Å²) < 4.78 is 0. The molecule has 0 saturated heterocycles. The van der Waals surface area contributed by atoms with Gasteiger partial charge >= 0.3 is 0 Å². The summed E-state index contributed by atoms with van der Waals surface area (Å²) >= 11 is 11.5. The molecule has 0 fully saturated rings. The molecule has 0 aliphatic carbocycles. The molecule has 0 amide bonds. The number of rotatable bonds is 2. The molecule has 0 bridgehead atoms. The fourth-order valence-corrected chi connectivity index (χ4v) is 1.25. The predicted molar refractivity (Wildman–Crippen MR) is 62.0 cm³/mol. The zero-order valence-corrected chi connectivity index (χ0v) is 9.73. The summed E-state index contributed by atoms with van der Waals surface area (Å²) in [5.41, 5.74) is 3.46. The summed E-state index contributed by atoms with van der Waals surface area (Å²) in [6, 6.07) is 5.31. The molecule has 1 aromatic rings. The smallest absolute Gasteiger partial charge is 0.0466 e. The van der Waals surface area contributed by atoms with Gasteiger partial charge in [0.25, 0.3) is 0 Å². The van der Waals surface area contributed by atoms with Crippen LogP contribution in [0.5, 0.6) is 0 Å². The standard InChI is InChI=1S/C7H8Cl2N2.2ClH/c8-6-2-1-5(4-11-10)7(9)3-6;;/h1-3,11H,4,10H2;2*1H. The van der Waals surface area contributed by atoms with E-state index in [-0.39, 0.29) is 24.8 Å². The summed E-state index contributed by atoms with van der Waals surface area (Å²) in [6.45, 7) is 0.552. The van der Waals surface area contributed by atoms with Crippen LogP contribution in [0.25, 0.3) is 0 Å². The van der Waals surface area contributed by atoms with Crippen LogP contribution < -0.4 is 11.3 Å². The fraction of sp³-hybridized carbons (Fsp3) is 0.143. The predicted octanol–water partition coefficient (Wildman–Crippen LogP) is 2.80. The molecule has 6 heteroatoms. The van der Waals surface area contributed by atoms with Crippen molar-refractivity contribution < 1.29 is 0 Å². The van der Waals surface area contributed by atoms with E-state index in [1.165, 1.54) is 0 Å². The Labute approximate surface area is 99.6 Å². The highest BCUT2D eigenvalue weighted by Gasteiger charge is 1.98. The lowest BCUT2D eigenvalue weighted by Crippen LogP contribution is -2.20. The highest BCUT2D eigenvalue weighted by Crippen LogP contribution is 2.20. The normalized spacial score (nSPS) is 8.54. The second kappa shape index (κ2) is 7.68.